The summed E-state index contributed by atoms with van der Waals surface area (Å²) < 4.78 is 5.14. The van der Waals surface area contributed by atoms with Crippen LogP contribution in [0.2, 0.25) is 0 Å². The van der Waals surface area contributed by atoms with Gasteiger partial charge in [0.2, 0.25) is 0 Å². The highest BCUT2D eigenvalue weighted by atomic mass is 16.5. The van der Waals surface area contributed by atoms with Crippen LogP contribution in [-0.4, -0.2) is 74.3 Å². The maximum absolute atomic E-state index is 12.2. The molecule has 3 unspecified atom stereocenters. The van der Waals surface area contributed by atoms with Crippen molar-refractivity contribution in [1.82, 2.24) is 20.4 Å². The molecule has 156 valence electrons. The molecule has 1 heterocycles. The predicted octanol–water partition coefficient (Wildman–Crippen LogP) is 2.52. The van der Waals surface area contributed by atoms with Gasteiger partial charge in [-0.15, -0.1) is 0 Å². The van der Waals surface area contributed by atoms with Crippen LogP contribution in [-0.2, 0) is 4.74 Å². The Bertz CT molecular complexity index is 496. The molecule has 1 aliphatic heterocycles. The van der Waals surface area contributed by atoms with Gasteiger partial charge in [-0.3, -0.25) is 0 Å². The van der Waals surface area contributed by atoms with Gasteiger partial charge in [-0.05, 0) is 43.4 Å². The number of carbonyl (C=O) groups is 2. The van der Waals surface area contributed by atoms with Crippen molar-refractivity contribution in [3.05, 3.63) is 0 Å². The maximum Gasteiger partial charge on any atom is 0.317 e. The van der Waals surface area contributed by atoms with E-state index in [9.17, 15) is 9.59 Å². The molecule has 7 heteroatoms. The third kappa shape index (κ3) is 6.55. The van der Waals surface area contributed by atoms with Crippen molar-refractivity contribution >= 4 is 12.1 Å². The van der Waals surface area contributed by atoms with Crippen molar-refractivity contribution < 1.29 is 14.3 Å². The highest BCUT2D eigenvalue weighted by Crippen LogP contribution is 2.33. The number of nitrogens with one attached hydrogen (secondary N) is 2. The smallest absolute Gasteiger partial charge is 0.317 e. The summed E-state index contributed by atoms with van der Waals surface area (Å²) in [6, 6.07) is 0.570. The fourth-order valence-corrected chi connectivity index (χ4v) is 3.85. The molecule has 0 aromatic carbocycles. The first kappa shape index (κ1) is 21.8. The number of rotatable bonds is 8. The Balaban J connectivity index is 1.66. The summed E-state index contributed by atoms with van der Waals surface area (Å²) in [4.78, 5) is 28.0. The zero-order valence-corrected chi connectivity index (χ0v) is 17.7. The molecule has 3 atom stereocenters. The summed E-state index contributed by atoms with van der Waals surface area (Å²) in [7, 11) is 3.74. The molecule has 0 spiro atoms. The van der Waals surface area contributed by atoms with E-state index in [1.54, 1.807) is 4.90 Å². The van der Waals surface area contributed by atoms with Gasteiger partial charge in [0.25, 0.3) is 0 Å². The molecule has 2 N–H and O–H groups in total. The van der Waals surface area contributed by atoms with Crippen LogP contribution in [0.25, 0.3) is 0 Å². The van der Waals surface area contributed by atoms with E-state index in [2.05, 4.69) is 31.4 Å². The second-order valence-corrected chi connectivity index (χ2v) is 8.85. The first-order valence-electron chi connectivity index (χ1n) is 10.4. The van der Waals surface area contributed by atoms with E-state index in [1.807, 2.05) is 19.0 Å². The van der Waals surface area contributed by atoms with Gasteiger partial charge in [0, 0.05) is 33.2 Å². The summed E-state index contributed by atoms with van der Waals surface area (Å²) in [5.41, 5.74) is 0. The minimum Gasteiger partial charge on any atom is -0.377 e. The monoisotopic (exact) mass is 382 g/mol. The molecule has 27 heavy (non-hydrogen) atoms. The largest absolute Gasteiger partial charge is 0.377 e. The molecule has 0 aromatic heterocycles. The number of hydrogen-bond donors (Lipinski definition) is 2. The van der Waals surface area contributed by atoms with Crippen molar-refractivity contribution in [3.63, 3.8) is 0 Å². The molecule has 2 aliphatic rings. The third-order valence-electron chi connectivity index (χ3n) is 5.87. The molecule has 1 saturated carbocycles. The number of nitrogens with zero attached hydrogens (tertiary/aromatic N) is 2. The predicted molar refractivity (Wildman–Crippen MR) is 107 cm³/mol. The van der Waals surface area contributed by atoms with Gasteiger partial charge in [0.05, 0.1) is 19.3 Å². The Morgan fingerprint density at radius 1 is 0.963 bits per heavy atom. The molecule has 4 amide bonds. The Morgan fingerprint density at radius 3 is 2.11 bits per heavy atom. The fourth-order valence-electron chi connectivity index (χ4n) is 3.85. The van der Waals surface area contributed by atoms with E-state index in [0.717, 1.165) is 32.2 Å². The van der Waals surface area contributed by atoms with Crippen LogP contribution in [0.5, 0.6) is 0 Å². The molecule has 1 aliphatic carbocycles. The van der Waals surface area contributed by atoms with E-state index >= 15 is 0 Å². The molecule has 2 fully saturated rings. The molecular formula is C20H38N4O3. The van der Waals surface area contributed by atoms with Crippen LogP contribution < -0.4 is 10.6 Å². The van der Waals surface area contributed by atoms with Gasteiger partial charge in [-0.2, -0.15) is 0 Å². The van der Waals surface area contributed by atoms with Crippen LogP contribution in [0.3, 0.4) is 0 Å². The van der Waals surface area contributed by atoms with E-state index in [-0.39, 0.29) is 18.1 Å². The lowest BCUT2D eigenvalue weighted by atomic mass is 9.94. The normalized spacial score (nSPS) is 23.6. The fraction of sp³-hybridized carbons (Fsp3) is 0.900. The number of amides is 4. The summed E-state index contributed by atoms with van der Waals surface area (Å²) in [5.74, 6) is 1.52. The highest BCUT2D eigenvalue weighted by Gasteiger charge is 2.31. The molecule has 0 aromatic rings. The van der Waals surface area contributed by atoms with Crippen molar-refractivity contribution in [3.8, 4) is 0 Å². The van der Waals surface area contributed by atoms with Crippen LogP contribution >= 0.6 is 0 Å². The zero-order chi connectivity index (χ0) is 20.0. The molecule has 0 bridgehead atoms. The Kier molecular flexibility index (Phi) is 8.20. The maximum atomic E-state index is 12.2. The van der Waals surface area contributed by atoms with Crippen LogP contribution in [0, 0.1) is 17.8 Å². The van der Waals surface area contributed by atoms with E-state index < -0.39 is 0 Å². The minimum atomic E-state index is -0.0130. The molecule has 2 rings (SSSR count). The molecular weight excluding hydrogens is 344 g/mol. The lowest BCUT2D eigenvalue weighted by Crippen LogP contribution is -2.53. The Morgan fingerprint density at radius 2 is 1.56 bits per heavy atom. The van der Waals surface area contributed by atoms with Gasteiger partial charge >= 0.3 is 12.1 Å². The van der Waals surface area contributed by atoms with Gasteiger partial charge < -0.3 is 25.2 Å². The van der Waals surface area contributed by atoms with Gasteiger partial charge in [0.1, 0.15) is 0 Å². The minimum absolute atomic E-state index is 0.0130. The summed E-state index contributed by atoms with van der Waals surface area (Å²) in [5, 5.41) is 6.04. The third-order valence-corrected chi connectivity index (χ3v) is 5.87. The van der Waals surface area contributed by atoms with E-state index in [0.29, 0.717) is 43.6 Å². The number of urea groups is 2. The average Bonchev–Trinajstić information content (AvgIpc) is 3.03. The number of likely N-dealkylation sites (N-methyl/N-ethyl adjacent to an activating group) is 1. The van der Waals surface area contributed by atoms with Crippen LogP contribution in [0.1, 0.15) is 46.5 Å². The first-order chi connectivity index (χ1) is 12.8. The van der Waals surface area contributed by atoms with Crippen LogP contribution in [0.15, 0.2) is 0 Å². The van der Waals surface area contributed by atoms with Gasteiger partial charge in [-0.1, -0.05) is 20.8 Å². The SMILES string of the molecule is CC(C)CNC(=O)N(C)C1CCC(CC(C)CNC(=O)N(C)C2COC2)C1. The Hall–Kier alpha value is -1.50. The van der Waals surface area contributed by atoms with Crippen molar-refractivity contribution in [2.75, 3.05) is 40.4 Å². The van der Waals surface area contributed by atoms with Crippen molar-refractivity contribution in [2.45, 2.75) is 58.5 Å². The first-order valence-corrected chi connectivity index (χ1v) is 10.4. The molecule has 7 nitrogen and oxygen atoms in total. The summed E-state index contributed by atoms with van der Waals surface area (Å²) in [6.07, 6.45) is 4.38. The standard InChI is InChI=1S/C20H38N4O3/c1-14(2)10-21-19(25)23(4)17-7-6-16(9-17)8-15(3)11-22-20(26)24(5)18-12-27-13-18/h14-18H,6-13H2,1-5H3,(H,21,25)(H,22,26). The van der Waals surface area contributed by atoms with Crippen molar-refractivity contribution in [1.29, 1.82) is 0 Å². The lowest BCUT2D eigenvalue weighted by molar-refractivity contribution is -0.0418. The number of ether oxygens (including phenoxy) is 1. The second kappa shape index (κ2) is 10.2. The van der Waals surface area contributed by atoms with Crippen LogP contribution in [0.4, 0.5) is 9.59 Å². The topological polar surface area (TPSA) is 73.9 Å². The number of carbonyl (C=O) groups excluding carboxylic acids is 2. The quantitative estimate of drug-likeness (QED) is 0.677. The Labute approximate surface area is 164 Å². The zero-order valence-electron chi connectivity index (χ0n) is 17.7. The van der Waals surface area contributed by atoms with Gasteiger partial charge in [-0.25, -0.2) is 9.59 Å². The van der Waals surface area contributed by atoms with Gasteiger partial charge in [0.15, 0.2) is 0 Å². The van der Waals surface area contributed by atoms with E-state index in [1.165, 1.54) is 0 Å². The highest BCUT2D eigenvalue weighted by molar-refractivity contribution is 5.74. The molecule has 1 saturated heterocycles. The van der Waals surface area contributed by atoms with Crippen molar-refractivity contribution in [2.24, 2.45) is 17.8 Å². The molecule has 0 radical (unpaired) electrons. The second-order valence-electron chi connectivity index (χ2n) is 8.85. The average molecular weight is 383 g/mol. The number of hydrogen-bond acceptors (Lipinski definition) is 3. The summed E-state index contributed by atoms with van der Waals surface area (Å²) >= 11 is 0. The van der Waals surface area contributed by atoms with E-state index in [4.69, 9.17) is 4.74 Å². The summed E-state index contributed by atoms with van der Waals surface area (Å²) in [6.45, 7) is 9.09. The lowest BCUT2D eigenvalue weighted by Gasteiger charge is -2.34.